The van der Waals surface area contributed by atoms with Crippen LogP contribution in [-0.2, 0) is 4.74 Å². The first kappa shape index (κ1) is 8.21. The Hall–Kier alpha value is -0.890. The number of rotatable bonds is 3. The fraction of sp³-hybridized carbons (Fsp3) is 0.111. The Morgan fingerprint density at radius 2 is 2.45 bits per heavy atom. The molecule has 11 heavy (non-hydrogen) atoms. The van der Waals surface area contributed by atoms with Gasteiger partial charge >= 0.3 is 0 Å². The second kappa shape index (κ2) is 4.09. The van der Waals surface area contributed by atoms with Crippen LogP contribution in [0.5, 0.6) is 0 Å². The third-order valence-electron chi connectivity index (χ3n) is 1.25. The Balaban J connectivity index is 2.53. The monoisotopic (exact) mass is 165 g/mol. The predicted octanol–water partition coefficient (Wildman–Crippen LogP) is 2.56. The van der Waals surface area contributed by atoms with Gasteiger partial charge in [0.05, 0.1) is 4.86 Å². The molecule has 0 spiro atoms. The first-order valence-corrected chi connectivity index (χ1v) is 3.76. The Bertz CT molecular complexity index is 226. The molecule has 2 heteroatoms. The first-order chi connectivity index (χ1) is 5.34. The minimum absolute atomic E-state index is 0.752. The molecule has 1 radical (unpaired) electrons. The van der Waals surface area contributed by atoms with Crippen LogP contribution in [0.3, 0.4) is 0 Å². The minimum Gasteiger partial charge on any atom is -0.481 e. The maximum atomic E-state index is 5.17. The number of allylic oxidation sites excluding steroid dienone is 4. The van der Waals surface area contributed by atoms with E-state index in [-0.39, 0.29) is 0 Å². The second-order valence-corrected chi connectivity index (χ2v) is 2.57. The molecule has 0 bridgehead atoms. The van der Waals surface area contributed by atoms with Gasteiger partial charge in [-0.1, -0.05) is 30.9 Å². The van der Waals surface area contributed by atoms with Crippen LogP contribution in [0.2, 0.25) is 0 Å². The van der Waals surface area contributed by atoms with Gasteiger partial charge in [-0.2, -0.15) is 0 Å². The van der Waals surface area contributed by atoms with Gasteiger partial charge in [-0.05, 0) is 12.2 Å². The fourth-order valence-corrected chi connectivity index (χ4v) is 0.963. The number of hydrogen-bond donors (Lipinski definition) is 0. The van der Waals surface area contributed by atoms with Crippen LogP contribution < -0.4 is 0 Å². The van der Waals surface area contributed by atoms with Gasteiger partial charge in [-0.15, -0.1) is 0 Å². The maximum Gasteiger partial charge on any atom is 0.157 e. The van der Waals surface area contributed by atoms with Crippen molar-refractivity contribution in [3.8, 4) is 0 Å². The lowest BCUT2D eigenvalue weighted by Crippen LogP contribution is -2.03. The second-order valence-electron chi connectivity index (χ2n) is 2.08. The van der Waals surface area contributed by atoms with Crippen LogP contribution in [0.15, 0.2) is 36.6 Å². The van der Waals surface area contributed by atoms with Gasteiger partial charge in [0.1, 0.15) is 5.76 Å². The van der Waals surface area contributed by atoms with Gasteiger partial charge in [-0.25, -0.2) is 0 Å². The summed E-state index contributed by atoms with van der Waals surface area (Å²) >= 11 is 5.04. The molecule has 0 amide bonds. The normalized spacial score (nSPS) is 16.0. The molecule has 0 fully saturated rings. The molecule has 1 rings (SSSR count). The highest BCUT2D eigenvalue weighted by Crippen LogP contribution is 2.11. The topological polar surface area (TPSA) is 9.23 Å². The van der Waals surface area contributed by atoms with Crippen molar-refractivity contribution >= 4 is 17.1 Å². The fourth-order valence-electron chi connectivity index (χ4n) is 0.750. The van der Waals surface area contributed by atoms with Crippen LogP contribution in [0.1, 0.15) is 6.42 Å². The van der Waals surface area contributed by atoms with E-state index in [1.54, 1.807) is 6.08 Å². The van der Waals surface area contributed by atoms with E-state index in [0.29, 0.717) is 0 Å². The molecule has 0 aromatic heterocycles. The SMILES string of the molecule is C=C[CH]OC1=CC=CCC1=S. The Morgan fingerprint density at radius 1 is 1.64 bits per heavy atom. The highest BCUT2D eigenvalue weighted by molar-refractivity contribution is 7.80. The van der Waals surface area contributed by atoms with E-state index < -0.39 is 0 Å². The van der Waals surface area contributed by atoms with E-state index >= 15 is 0 Å². The largest absolute Gasteiger partial charge is 0.481 e. The molecule has 0 aromatic carbocycles. The van der Waals surface area contributed by atoms with Gasteiger partial charge in [-0.3, -0.25) is 0 Å². The summed E-state index contributed by atoms with van der Waals surface area (Å²) < 4.78 is 5.17. The molecule has 0 saturated carbocycles. The molecule has 0 N–H and O–H groups in total. The Kier molecular flexibility index (Phi) is 3.05. The van der Waals surface area contributed by atoms with E-state index in [2.05, 4.69) is 6.58 Å². The smallest absolute Gasteiger partial charge is 0.157 e. The third kappa shape index (κ3) is 2.31. The quantitative estimate of drug-likeness (QED) is 0.594. The van der Waals surface area contributed by atoms with Crippen molar-refractivity contribution in [1.82, 2.24) is 0 Å². The van der Waals surface area contributed by atoms with Crippen LogP contribution in [0, 0.1) is 6.61 Å². The zero-order valence-corrected chi connectivity index (χ0v) is 6.93. The van der Waals surface area contributed by atoms with Crippen molar-refractivity contribution in [2.45, 2.75) is 6.42 Å². The summed E-state index contributed by atoms with van der Waals surface area (Å²) in [6.07, 6.45) is 8.17. The Morgan fingerprint density at radius 3 is 3.09 bits per heavy atom. The summed E-state index contributed by atoms with van der Waals surface area (Å²) in [5, 5.41) is 0. The number of hydrogen-bond acceptors (Lipinski definition) is 2. The maximum absolute atomic E-state index is 5.17. The highest BCUT2D eigenvalue weighted by Gasteiger charge is 2.05. The van der Waals surface area contributed by atoms with E-state index in [4.69, 9.17) is 17.0 Å². The Labute approximate surface area is 72.1 Å². The average molecular weight is 165 g/mol. The lowest BCUT2D eigenvalue weighted by atomic mass is 10.1. The van der Waals surface area contributed by atoms with E-state index in [0.717, 1.165) is 17.0 Å². The van der Waals surface area contributed by atoms with E-state index in [9.17, 15) is 0 Å². The van der Waals surface area contributed by atoms with Crippen molar-refractivity contribution in [2.24, 2.45) is 0 Å². The van der Waals surface area contributed by atoms with Crippen molar-refractivity contribution in [1.29, 1.82) is 0 Å². The molecule has 1 nitrogen and oxygen atoms in total. The van der Waals surface area contributed by atoms with Crippen LogP contribution >= 0.6 is 12.2 Å². The van der Waals surface area contributed by atoms with Crippen LogP contribution in [0.4, 0.5) is 0 Å². The summed E-state index contributed by atoms with van der Waals surface area (Å²) in [7, 11) is 0. The first-order valence-electron chi connectivity index (χ1n) is 3.35. The number of thiocarbonyl (C=S) groups is 1. The average Bonchev–Trinajstić information content (AvgIpc) is 2.03. The molecule has 0 aliphatic heterocycles. The van der Waals surface area contributed by atoms with Crippen LogP contribution in [0.25, 0.3) is 0 Å². The van der Waals surface area contributed by atoms with Gasteiger partial charge in [0.2, 0.25) is 0 Å². The summed E-state index contributed by atoms with van der Waals surface area (Å²) in [4.78, 5) is 0.839. The molecule has 1 aliphatic carbocycles. The van der Waals surface area contributed by atoms with Crippen molar-refractivity contribution in [3.63, 3.8) is 0 Å². The zero-order valence-electron chi connectivity index (χ0n) is 6.12. The summed E-state index contributed by atoms with van der Waals surface area (Å²) in [5.74, 6) is 0.752. The lowest BCUT2D eigenvalue weighted by Gasteiger charge is -2.09. The molecule has 0 aromatic rings. The molecule has 57 valence electrons. The minimum atomic E-state index is 0.752. The summed E-state index contributed by atoms with van der Waals surface area (Å²) in [5.41, 5.74) is 0. The molecule has 1 aliphatic rings. The molecule has 0 unspecified atom stereocenters. The lowest BCUT2D eigenvalue weighted by molar-refractivity contribution is 0.334. The zero-order chi connectivity index (χ0) is 8.10. The molecule has 0 saturated heterocycles. The van der Waals surface area contributed by atoms with Gasteiger partial charge in [0.25, 0.3) is 0 Å². The van der Waals surface area contributed by atoms with Crippen molar-refractivity contribution in [3.05, 3.63) is 43.2 Å². The molecule has 0 atom stereocenters. The summed E-state index contributed by atoms with van der Waals surface area (Å²) in [6, 6.07) is 0. The molecular formula is C9H9OS. The van der Waals surface area contributed by atoms with E-state index in [1.165, 1.54) is 6.61 Å². The van der Waals surface area contributed by atoms with Gasteiger partial charge in [0.15, 0.2) is 6.61 Å². The van der Waals surface area contributed by atoms with Gasteiger partial charge in [0, 0.05) is 6.42 Å². The summed E-state index contributed by atoms with van der Waals surface area (Å²) in [6.45, 7) is 5.03. The molecular weight excluding hydrogens is 156 g/mol. The van der Waals surface area contributed by atoms with Gasteiger partial charge < -0.3 is 4.74 Å². The van der Waals surface area contributed by atoms with Crippen molar-refractivity contribution < 1.29 is 4.74 Å². The third-order valence-corrected chi connectivity index (χ3v) is 1.62. The number of ether oxygens (including phenoxy) is 1. The predicted molar refractivity (Wildman–Crippen MR) is 50.0 cm³/mol. The standard InChI is InChI=1S/C9H9OS/c1-2-7-10-8-5-3-4-6-9(8)11/h2-5,7H,1,6H2. The molecule has 0 heterocycles. The van der Waals surface area contributed by atoms with E-state index in [1.807, 2.05) is 18.2 Å². The van der Waals surface area contributed by atoms with Crippen LogP contribution in [-0.4, -0.2) is 4.86 Å². The van der Waals surface area contributed by atoms with Crippen molar-refractivity contribution in [2.75, 3.05) is 0 Å². The highest BCUT2D eigenvalue weighted by atomic mass is 32.1.